The number of carbonyl (C=O) groups excluding carboxylic acids is 2. The highest BCUT2D eigenvalue weighted by molar-refractivity contribution is 6.19. The van der Waals surface area contributed by atoms with Gasteiger partial charge in [0.15, 0.2) is 0 Å². The molecule has 0 heterocycles. The summed E-state index contributed by atoms with van der Waals surface area (Å²) < 4.78 is 0. The van der Waals surface area contributed by atoms with Gasteiger partial charge in [0, 0.05) is 25.4 Å². The fourth-order valence-electron chi connectivity index (χ4n) is 0.988. The highest BCUT2D eigenvalue weighted by atomic mass is 35.5. The normalized spacial score (nSPS) is 12.4. The van der Waals surface area contributed by atoms with Crippen molar-refractivity contribution >= 4 is 23.5 Å². The summed E-state index contributed by atoms with van der Waals surface area (Å²) in [6, 6.07) is -0.278. The zero-order valence-electron chi connectivity index (χ0n) is 9.71. The lowest BCUT2D eigenvalue weighted by Gasteiger charge is -2.27. The molecular formula is C10H19ClN2O2. The predicted octanol–water partition coefficient (Wildman–Crippen LogP) is 1.83. The summed E-state index contributed by atoms with van der Waals surface area (Å²) in [6.45, 7) is 5.99. The van der Waals surface area contributed by atoms with E-state index in [1.54, 1.807) is 7.05 Å². The van der Waals surface area contributed by atoms with Crippen LogP contribution in [-0.2, 0) is 4.79 Å². The highest BCUT2D eigenvalue weighted by Crippen LogP contribution is 2.07. The average molecular weight is 235 g/mol. The molecule has 0 bridgehead atoms. The number of urea groups is 1. The Morgan fingerprint density at radius 1 is 1.33 bits per heavy atom. The largest absolute Gasteiger partial charge is 0.325 e. The van der Waals surface area contributed by atoms with Gasteiger partial charge in [-0.1, -0.05) is 13.8 Å². The van der Waals surface area contributed by atoms with E-state index in [4.69, 9.17) is 11.6 Å². The second kappa shape index (κ2) is 6.67. The van der Waals surface area contributed by atoms with Crippen LogP contribution in [-0.4, -0.2) is 35.8 Å². The number of halogens is 1. The van der Waals surface area contributed by atoms with Crippen LogP contribution >= 0.6 is 11.6 Å². The quantitative estimate of drug-likeness (QED) is 0.755. The summed E-state index contributed by atoms with van der Waals surface area (Å²) in [7, 11) is 1.67. The van der Waals surface area contributed by atoms with Crippen LogP contribution in [0.15, 0.2) is 0 Å². The Kier molecular flexibility index (Phi) is 6.32. The molecule has 0 aromatic carbocycles. The molecular weight excluding hydrogens is 216 g/mol. The van der Waals surface area contributed by atoms with Gasteiger partial charge >= 0.3 is 6.03 Å². The fraction of sp³-hybridized carbons (Fsp3) is 0.800. The predicted molar refractivity (Wildman–Crippen MR) is 60.9 cm³/mol. The third-order valence-corrected chi connectivity index (χ3v) is 2.65. The molecule has 0 saturated carbocycles. The van der Waals surface area contributed by atoms with Crippen molar-refractivity contribution in [2.45, 2.75) is 33.2 Å². The number of nitrogens with zero attached hydrogens (tertiary/aromatic N) is 1. The minimum atomic E-state index is -0.369. The minimum absolute atomic E-state index is 0.0915. The molecule has 0 aliphatic heterocycles. The van der Waals surface area contributed by atoms with E-state index in [1.807, 2.05) is 20.8 Å². The summed E-state index contributed by atoms with van der Waals surface area (Å²) >= 11 is 5.39. The van der Waals surface area contributed by atoms with Crippen molar-refractivity contribution in [3.05, 3.63) is 0 Å². The van der Waals surface area contributed by atoms with Crippen molar-refractivity contribution in [1.82, 2.24) is 10.2 Å². The third-order valence-electron chi connectivity index (χ3n) is 2.46. The van der Waals surface area contributed by atoms with Gasteiger partial charge in [-0.15, -0.1) is 11.6 Å². The van der Waals surface area contributed by atoms with E-state index in [-0.39, 0.29) is 30.3 Å². The van der Waals surface area contributed by atoms with E-state index < -0.39 is 0 Å². The molecule has 4 nitrogen and oxygen atoms in total. The molecule has 0 aromatic heterocycles. The molecule has 88 valence electrons. The van der Waals surface area contributed by atoms with Gasteiger partial charge in [-0.25, -0.2) is 4.79 Å². The van der Waals surface area contributed by atoms with Crippen LogP contribution in [0.4, 0.5) is 4.79 Å². The molecule has 0 fully saturated rings. The monoisotopic (exact) mass is 234 g/mol. The maximum Gasteiger partial charge on any atom is 0.324 e. The Morgan fingerprint density at radius 2 is 1.87 bits per heavy atom. The van der Waals surface area contributed by atoms with Crippen LogP contribution < -0.4 is 5.32 Å². The van der Waals surface area contributed by atoms with E-state index >= 15 is 0 Å². The summed E-state index contributed by atoms with van der Waals surface area (Å²) in [6.07, 6.45) is 0.164. The first kappa shape index (κ1) is 14.2. The topological polar surface area (TPSA) is 49.4 Å². The van der Waals surface area contributed by atoms with Crippen LogP contribution in [0, 0.1) is 5.92 Å². The molecule has 15 heavy (non-hydrogen) atoms. The van der Waals surface area contributed by atoms with Crippen molar-refractivity contribution in [3.63, 3.8) is 0 Å². The summed E-state index contributed by atoms with van der Waals surface area (Å²) in [5, 5.41) is 2.28. The van der Waals surface area contributed by atoms with Crippen molar-refractivity contribution in [3.8, 4) is 0 Å². The molecule has 0 aromatic rings. The smallest absolute Gasteiger partial charge is 0.324 e. The van der Waals surface area contributed by atoms with Gasteiger partial charge in [-0.2, -0.15) is 0 Å². The standard InChI is InChI=1S/C10H19ClN2O2/c1-7(2)8(3)13(4)10(15)12-9(14)5-6-11/h7-8H,5-6H2,1-4H3,(H,12,14,15). The van der Waals surface area contributed by atoms with Crippen molar-refractivity contribution in [2.75, 3.05) is 12.9 Å². The second-order valence-corrected chi connectivity index (χ2v) is 4.27. The molecule has 3 amide bonds. The first-order valence-corrected chi connectivity index (χ1v) is 5.56. The number of imide groups is 1. The summed E-state index contributed by atoms with van der Waals surface area (Å²) in [5.74, 6) is 0.240. The van der Waals surface area contributed by atoms with E-state index in [0.29, 0.717) is 5.92 Å². The van der Waals surface area contributed by atoms with Gasteiger partial charge in [-0.3, -0.25) is 10.1 Å². The number of nitrogens with one attached hydrogen (secondary N) is 1. The molecule has 0 aliphatic rings. The molecule has 0 spiro atoms. The van der Waals surface area contributed by atoms with Crippen LogP contribution in [0.25, 0.3) is 0 Å². The SMILES string of the molecule is CC(C)C(C)N(C)C(=O)NC(=O)CCCl. The maximum atomic E-state index is 11.5. The van der Waals surface area contributed by atoms with Crippen LogP contribution in [0.2, 0.25) is 0 Å². The van der Waals surface area contributed by atoms with Crippen molar-refractivity contribution in [2.24, 2.45) is 5.92 Å². The van der Waals surface area contributed by atoms with Crippen molar-refractivity contribution < 1.29 is 9.59 Å². The Bertz CT molecular complexity index is 231. The van der Waals surface area contributed by atoms with Gasteiger partial charge < -0.3 is 4.90 Å². The Hall–Kier alpha value is -0.770. The molecule has 1 atom stereocenters. The average Bonchev–Trinajstić information content (AvgIpc) is 2.15. The van der Waals surface area contributed by atoms with Gasteiger partial charge in [0.25, 0.3) is 0 Å². The van der Waals surface area contributed by atoms with Crippen molar-refractivity contribution in [1.29, 1.82) is 0 Å². The first-order valence-electron chi connectivity index (χ1n) is 5.02. The van der Waals surface area contributed by atoms with Gasteiger partial charge in [0.05, 0.1) is 0 Å². The lowest BCUT2D eigenvalue weighted by atomic mass is 10.1. The van der Waals surface area contributed by atoms with Gasteiger partial charge in [0.1, 0.15) is 0 Å². The van der Waals surface area contributed by atoms with E-state index in [1.165, 1.54) is 4.90 Å². The molecule has 5 heteroatoms. The number of hydrogen-bond donors (Lipinski definition) is 1. The molecule has 1 unspecified atom stereocenters. The highest BCUT2D eigenvalue weighted by Gasteiger charge is 2.19. The zero-order chi connectivity index (χ0) is 12.0. The summed E-state index contributed by atoms with van der Waals surface area (Å²) in [5.41, 5.74) is 0. The first-order chi connectivity index (χ1) is 6.90. The van der Waals surface area contributed by atoms with Gasteiger partial charge in [-0.05, 0) is 12.8 Å². The zero-order valence-corrected chi connectivity index (χ0v) is 10.5. The maximum absolute atomic E-state index is 11.5. The number of rotatable bonds is 4. The molecule has 0 saturated heterocycles. The summed E-state index contributed by atoms with van der Waals surface area (Å²) in [4.78, 5) is 24.2. The third kappa shape index (κ3) is 5.02. The van der Waals surface area contributed by atoms with Gasteiger partial charge in [0.2, 0.25) is 5.91 Å². The molecule has 0 rings (SSSR count). The molecule has 1 N–H and O–H groups in total. The van der Waals surface area contributed by atoms with Crippen LogP contribution in [0.3, 0.4) is 0 Å². The number of alkyl halides is 1. The second-order valence-electron chi connectivity index (χ2n) is 3.89. The van der Waals surface area contributed by atoms with E-state index in [9.17, 15) is 9.59 Å². The van der Waals surface area contributed by atoms with Crippen LogP contribution in [0.1, 0.15) is 27.2 Å². The number of carbonyl (C=O) groups is 2. The molecule has 0 radical (unpaired) electrons. The minimum Gasteiger partial charge on any atom is -0.325 e. The van der Waals surface area contributed by atoms with E-state index in [0.717, 1.165) is 0 Å². The Balaban J connectivity index is 4.15. The van der Waals surface area contributed by atoms with E-state index in [2.05, 4.69) is 5.32 Å². The Morgan fingerprint density at radius 3 is 2.27 bits per heavy atom. The Labute approximate surface area is 96.0 Å². The number of amides is 3. The number of hydrogen-bond acceptors (Lipinski definition) is 2. The fourth-order valence-corrected chi connectivity index (χ4v) is 1.16. The lowest BCUT2D eigenvalue weighted by molar-refractivity contribution is -0.119. The lowest BCUT2D eigenvalue weighted by Crippen LogP contribution is -2.46. The molecule has 0 aliphatic carbocycles. The van der Waals surface area contributed by atoms with Crippen LogP contribution in [0.5, 0.6) is 0 Å².